The monoisotopic (exact) mass is 302 g/mol. The molecule has 126 valence electrons. The number of unbranched alkanes of at least 4 members (excludes halogenated alkanes) is 8. The summed E-state index contributed by atoms with van der Waals surface area (Å²) in [5.74, 6) is 0. The van der Waals surface area contributed by atoms with Gasteiger partial charge in [-0.05, 0) is 19.8 Å². The number of hydrogen-bond donors (Lipinski definition) is 0. The van der Waals surface area contributed by atoms with Crippen molar-refractivity contribution < 1.29 is 19.0 Å². The van der Waals surface area contributed by atoms with Crippen molar-refractivity contribution in [3.05, 3.63) is 0 Å². The molecule has 21 heavy (non-hydrogen) atoms. The minimum absolute atomic E-state index is 0.657. The first-order chi connectivity index (χ1) is 10.4. The van der Waals surface area contributed by atoms with Gasteiger partial charge in [-0.3, -0.25) is 0 Å². The molecule has 0 heterocycles. The summed E-state index contributed by atoms with van der Waals surface area (Å²) in [6, 6.07) is 0. The predicted molar refractivity (Wildman–Crippen MR) is 85.7 cm³/mol. The average Bonchev–Trinajstić information content (AvgIpc) is 2.50. The molecule has 0 aliphatic heterocycles. The molecule has 0 unspecified atom stereocenters. The molecule has 0 bridgehead atoms. The van der Waals surface area contributed by atoms with Gasteiger partial charge in [0.15, 0.2) is 0 Å². The Bertz CT molecular complexity index is 197. The molecular formula is C17H34O4. The molecule has 0 fully saturated rings. The number of carbonyl (C=O) groups excluding carboxylic acids is 1. The van der Waals surface area contributed by atoms with Crippen LogP contribution >= 0.6 is 0 Å². The molecule has 0 amide bonds. The number of rotatable bonds is 18. The third kappa shape index (κ3) is 19.6. The van der Waals surface area contributed by atoms with E-state index in [9.17, 15) is 4.79 Å². The lowest BCUT2D eigenvalue weighted by molar-refractivity contribution is -0.107. The van der Waals surface area contributed by atoms with Gasteiger partial charge in [0, 0.05) is 19.6 Å². The van der Waals surface area contributed by atoms with Crippen LogP contribution in [0.2, 0.25) is 0 Å². The highest BCUT2D eigenvalue weighted by Crippen LogP contribution is 2.09. The highest BCUT2D eigenvalue weighted by Gasteiger charge is 1.94. The van der Waals surface area contributed by atoms with Crippen LogP contribution in [0.25, 0.3) is 0 Å². The Morgan fingerprint density at radius 1 is 0.619 bits per heavy atom. The van der Waals surface area contributed by atoms with Gasteiger partial charge in [-0.2, -0.15) is 0 Å². The highest BCUT2D eigenvalue weighted by molar-refractivity contribution is 5.48. The van der Waals surface area contributed by atoms with E-state index in [0.717, 1.165) is 38.8 Å². The van der Waals surface area contributed by atoms with Gasteiger partial charge >= 0.3 is 0 Å². The van der Waals surface area contributed by atoms with Gasteiger partial charge in [0.05, 0.1) is 26.4 Å². The second kappa shape index (κ2) is 19.6. The second-order valence-corrected chi connectivity index (χ2v) is 5.21. The Morgan fingerprint density at radius 2 is 1.10 bits per heavy atom. The Morgan fingerprint density at radius 3 is 1.67 bits per heavy atom. The summed E-state index contributed by atoms with van der Waals surface area (Å²) in [6.45, 7) is 6.25. The third-order valence-electron chi connectivity index (χ3n) is 3.31. The summed E-state index contributed by atoms with van der Waals surface area (Å²) in [5.41, 5.74) is 0. The SMILES string of the molecule is CCOCCOCCOCCCCCCCCCCC=O. The minimum atomic E-state index is 0.657. The molecule has 0 radical (unpaired) electrons. The third-order valence-corrected chi connectivity index (χ3v) is 3.31. The summed E-state index contributed by atoms with van der Waals surface area (Å²) < 4.78 is 16.0. The van der Waals surface area contributed by atoms with E-state index in [2.05, 4.69) is 0 Å². The molecule has 4 nitrogen and oxygen atoms in total. The fourth-order valence-corrected chi connectivity index (χ4v) is 2.08. The topological polar surface area (TPSA) is 44.8 Å². The average molecular weight is 302 g/mol. The Kier molecular flexibility index (Phi) is 19.1. The van der Waals surface area contributed by atoms with Gasteiger partial charge in [0.2, 0.25) is 0 Å². The number of ether oxygens (including phenoxy) is 3. The van der Waals surface area contributed by atoms with Crippen LogP contribution in [0.5, 0.6) is 0 Å². The van der Waals surface area contributed by atoms with Crippen LogP contribution in [0.15, 0.2) is 0 Å². The van der Waals surface area contributed by atoms with Crippen molar-refractivity contribution in [2.24, 2.45) is 0 Å². The molecule has 0 aromatic heterocycles. The van der Waals surface area contributed by atoms with E-state index in [4.69, 9.17) is 14.2 Å². The fourth-order valence-electron chi connectivity index (χ4n) is 2.08. The predicted octanol–water partition coefficient (Wildman–Crippen LogP) is 3.77. The molecule has 0 aromatic carbocycles. The van der Waals surface area contributed by atoms with Crippen molar-refractivity contribution in [3.63, 3.8) is 0 Å². The molecule has 0 aliphatic rings. The maximum Gasteiger partial charge on any atom is 0.119 e. The summed E-state index contributed by atoms with van der Waals surface area (Å²) in [5, 5.41) is 0. The van der Waals surface area contributed by atoms with Crippen LogP contribution in [0, 0.1) is 0 Å². The zero-order valence-electron chi connectivity index (χ0n) is 13.8. The van der Waals surface area contributed by atoms with Crippen LogP contribution in [0.3, 0.4) is 0 Å². The van der Waals surface area contributed by atoms with E-state index >= 15 is 0 Å². The van der Waals surface area contributed by atoms with Crippen molar-refractivity contribution in [1.82, 2.24) is 0 Å². The molecule has 0 rings (SSSR count). The quantitative estimate of drug-likeness (QED) is 0.286. The van der Waals surface area contributed by atoms with Gasteiger partial charge < -0.3 is 19.0 Å². The summed E-state index contributed by atoms with van der Waals surface area (Å²) in [6.07, 6.45) is 11.6. The highest BCUT2D eigenvalue weighted by atomic mass is 16.5. The molecule has 0 aromatic rings. The first-order valence-corrected chi connectivity index (χ1v) is 8.58. The van der Waals surface area contributed by atoms with Crippen molar-refractivity contribution in [2.75, 3.05) is 39.6 Å². The smallest absolute Gasteiger partial charge is 0.119 e. The van der Waals surface area contributed by atoms with Gasteiger partial charge in [-0.25, -0.2) is 0 Å². The maximum atomic E-state index is 10.1. The van der Waals surface area contributed by atoms with E-state index in [1.807, 2.05) is 6.92 Å². The molecular weight excluding hydrogens is 268 g/mol. The summed E-state index contributed by atoms with van der Waals surface area (Å²) in [7, 11) is 0. The van der Waals surface area contributed by atoms with Crippen molar-refractivity contribution in [2.45, 2.75) is 64.7 Å². The van der Waals surface area contributed by atoms with Crippen LogP contribution in [0.1, 0.15) is 64.7 Å². The lowest BCUT2D eigenvalue weighted by Gasteiger charge is -2.06. The lowest BCUT2D eigenvalue weighted by atomic mass is 10.1. The molecule has 0 saturated heterocycles. The normalized spacial score (nSPS) is 10.9. The van der Waals surface area contributed by atoms with Crippen LogP contribution in [-0.2, 0) is 19.0 Å². The van der Waals surface area contributed by atoms with Gasteiger partial charge in [-0.1, -0.05) is 38.5 Å². The molecule has 0 N–H and O–H groups in total. The molecule has 0 atom stereocenters. The molecule has 0 aliphatic carbocycles. The van der Waals surface area contributed by atoms with Crippen LogP contribution in [0.4, 0.5) is 0 Å². The Labute approximate surface area is 130 Å². The van der Waals surface area contributed by atoms with E-state index in [0.29, 0.717) is 26.4 Å². The molecule has 0 saturated carbocycles. The summed E-state index contributed by atoms with van der Waals surface area (Å²) >= 11 is 0. The van der Waals surface area contributed by atoms with Crippen molar-refractivity contribution >= 4 is 6.29 Å². The molecule has 4 heteroatoms. The Balaban J connectivity index is 2.91. The van der Waals surface area contributed by atoms with E-state index < -0.39 is 0 Å². The van der Waals surface area contributed by atoms with Crippen LogP contribution in [-0.4, -0.2) is 45.9 Å². The van der Waals surface area contributed by atoms with Crippen LogP contribution < -0.4 is 0 Å². The largest absolute Gasteiger partial charge is 0.379 e. The maximum absolute atomic E-state index is 10.1. The van der Waals surface area contributed by atoms with E-state index in [-0.39, 0.29) is 0 Å². The molecule has 0 spiro atoms. The zero-order valence-corrected chi connectivity index (χ0v) is 13.8. The number of carbonyl (C=O) groups is 1. The Hall–Kier alpha value is -0.450. The number of aldehydes is 1. The lowest BCUT2D eigenvalue weighted by Crippen LogP contribution is -2.09. The first-order valence-electron chi connectivity index (χ1n) is 8.58. The fraction of sp³-hybridized carbons (Fsp3) is 0.941. The first kappa shape index (κ1) is 20.6. The standard InChI is InChI=1S/C17H34O4/c1-2-19-14-15-21-17-16-20-13-11-9-7-5-3-4-6-8-10-12-18/h12H,2-11,13-17H2,1H3. The van der Waals surface area contributed by atoms with Gasteiger partial charge in [0.25, 0.3) is 0 Å². The van der Waals surface area contributed by atoms with E-state index in [1.165, 1.54) is 38.5 Å². The summed E-state index contributed by atoms with van der Waals surface area (Å²) in [4.78, 5) is 10.1. The zero-order chi connectivity index (χ0) is 15.4. The van der Waals surface area contributed by atoms with Gasteiger partial charge in [-0.15, -0.1) is 0 Å². The van der Waals surface area contributed by atoms with E-state index in [1.54, 1.807) is 0 Å². The van der Waals surface area contributed by atoms with Gasteiger partial charge in [0.1, 0.15) is 6.29 Å². The number of hydrogen-bond acceptors (Lipinski definition) is 4. The van der Waals surface area contributed by atoms with Crippen molar-refractivity contribution in [1.29, 1.82) is 0 Å². The minimum Gasteiger partial charge on any atom is -0.379 e. The second-order valence-electron chi connectivity index (χ2n) is 5.21. The van der Waals surface area contributed by atoms with Crippen molar-refractivity contribution in [3.8, 4) is 0 Å².